The topological polar surface area (TPSA) is 101 Å². The van der Waals surface area contributed by atoms with E-state index >= 15 is 0 Å². The normalized spacial score (nSPS) is 24.8. The molecule has 0 unspecified atom stereocenters. The Labute approximate surface area is 265 Å². The van der Waals surface area contributed by atoms with E-state index in [1.807, 2.05) is 0 Å². The fourth-order valence-electron chi connectivity index (χ4n) is 6.93. The summed E-state index contributed by atoms with van der Waals surface area (Å²) in [6, 6.07) is 5.13. The first-order valence-corrected chi connectivity index (χ1v) is 14.8. The highest BCUT2D eigenvalue weighted by Crippen LogP contribution is 2.57. The third-order valence-corrected chi connectivity index (χ3v) is 9.39. The molecule has 2 aromatic rings. The van der Waals surface area contributed by atoms with Gasteiger partial charge in [-0.25, -0.2) is 4.90 Å². The van der Waals surface area contributed by atoms with Crippen LogP contribution in [0.2, 0.25) is 0 Å². The number of Topliss-reactive ketones (excluding diaryl/α,β-unsaturated/α-hetero) is 1. The summed E-state index contributed by atoms with van der Waals surface area (Å²) in [4.78, 5) is 54.8. The van der Waals surface area contributed by atoms with E-state index in [1.54, 1.807) is 19.1 Å². The molecular weight excluding hydrogens is 688 g/mol. The third-order valence-electron chi connectivity index (χ3n) is 8.80. The van der Waals surface area contributed by atoms with E-state index in [2.05, 4.69) is 15.9 Å². The number of hydrogen-bond donors (Lipinski definition) is 1. The summed E-state index contributed by atoms with van der Waals surface area (Å²) in [5, 5.41) is 11.2. The molecular formula is C32H22BrF6NO6. The average Bonchev–Trinajstić information content (AvgIpc) is 3.24. The molecule has 2 amide bonds. The molecule has 0 bridgehead atoms. The zero-order valence-electron chi connectivity index (χ0n) is 23.6. The molecule has 4 atom stereocenters. The Morgan fingerprint density at radius 2 is 1.61 bits per heavy atom. The molecule has 7 nitrogen and oxygen atoms in total. The Kier molecular flexibility index (Phi) is 7.57. The minimum Gasteiger partial charge on any atom is -0.504 e. The van der Waals surface area contributed by atoms with Crippen molar-refractivity contribution in [2.45, 2.75) is 38.0 Å². The van der Waals surface area contributed by atoms with Gasteiger partial charge >= 0.3 is 12.4 Å². The number of carbonyl (C=O) groups excluding carboxylic acids is 4. The van der Waals surface area contributed by atoms with E-state index in [1.165, 1.54) is 12.1 Å². The van der Waals surface area contributed by atoms with E-state index in [0.717, 1.165) is 6.08 Å². The number of carbonyl (C=O) groups is 4. The van der Waals surface area contributed by atoms with Gasteiger partial charge in [-0.3, -0.25) is 19.2 Å². The van der Waals surface area contributed by atoms with Gasteiger partial charge in [-0.2, -0.15) is 26.3 Å². The summed E-state index contributed by atoms with van der Waals surface area (Å²) in [6.45, 7) is 1.88. The molecule has 1 heterocycles. The number of phenolic OH excluding ortho intramolecular Hbond substituents is 1. The Morgan fingerprint density at radius 1 is 0.957 bits per heavy atom. The van der Waals surface area contributed by atoms with Crippen LogP contribution < -0.4 is 9.64 Å². The number of rotatable bonds is 4. The van der Waals surface area contributed by atoms with Crippen LogP contribution in [0.3, 0.4) is 0 Å². The zero-order chi connectivity index (χ0) is 33.5. The summed E-state index contributed by atoms with van der Waals surface area (Å²) in [6.07, 6.45) is -8.07. The van der Waals surface area contributed by atoms with Crippen LogP contribution in [-0.4, -0.2) is 35.1 Å². The van der Waals surface area contributed by atoms with Crippen LogP contribution in [0.15, 0.2) is 69.8 Å². The molecule has 0 aromatic heterocycles. The molecule has 240 valence electrons. The number of alkyl halides is 6. The van der Waals surface area contributed by atoms with Crippen LogP contribution in [0.5, 0.6) is 11.5 Å². The molecule has 6 rings (SSSR count). The number of phenols is 1. The average molecular weight is 710 g/mol. The standard InChI is InChI=1S/C32H22BrF6NO6/c1-2-46-23-5-3-4-17(28(23)43)24-16-6-7-18-25(19(16)11-20-26(24)22(41)12-21(33)27(20)42)30(45)40(29(18)44)15-9-13(31(34,35)36)8-14(10-15)32(37,38)39/h3-6,8-10,12,18-19,24-25,43H,2,7,11H2,1H3/t18-,19+,24+,25-/m0/s1. The summed E-state index contributed by atoms with van der Waals surface area (Å²) in [5.74, 6) is -7.81. The Hall–Kier alpha value is -4.20. The maximum Gasteiger partial charge on any atom is 0.416 e. The van der Waals surface area contributed by atoms with Gasteiger partial charge in [-0.1, -0.05) is 23.8 Å². The van der Waals surface area contributed by atoms with Gasteiger partial charge < -0.3 is 9.84 Å². The highest BCUT2D eigenvalue weighted by atomic mass is 79.9. The van der Waals surface area contributed by atoms with Crippen molar-refractivity contribution in [2.24, 2.45) is 17.8 Å². The Morgan fingerprint density at radius 3 is 2.22 bits per heavy atom. The van der Waals surface area contributed by atoms with Crippen LogP contribution in [0, 0.1) is 17.8 Å². The monoisotopic (exact) mass is 709 g/mol. The number of fused-ring (bicyclic) bond motifs is 3. The molecule has 0 saturated carbocycles. The molecule has 0 spiro atoms. The summed E-state index contributed by atoms with van der Waals surface area (Å²) >= 11 is 3.09. The lowest BCUT2D eigenvalue weighted by Crippen LogP contribution is -2.39. The minimum absolute atomic E-state index is 0.0190. The lowest BCUT2D eigenvalue weighted by molar-refractivity contribution is -0.143. The van der Waals surface area contributed by atoms with E-state index < -0.39 is 76.2 Å². The van der Waals surface area contributed by atoms with Crippen molar-refractivity contribution in [3.63, 3.8) is 0 Å². The number of hydrogen-bond acceptors (Lipinski definition) is 6. The number of nitrogens with zero attached hydrogens (tertiary/aromatic N) is 1. The highest BCUT2D eigenvalue weighted by Gasteiger charge is 2.57. The minimum atomic E-state index is -5.21. The van der Waals surface area contributed by atoms with Crippen molar-refractivity contribution in [1.29, 1.82) is 0 Å². The largest absolute Gasteiger partial charge is 0.504 e. The van der Waals surface area contributed by atoms with E-state index in [9.17, 15) is 50.6 Å². The van der Waals surface area contributed by atoms with Crippen molar-refractivity contribution >= 4 is 45.0 Å². The predicted octanol–water partition coefficient (Wildman–Crippen LogP) is 6.80. The predicted molar refractivity (Wildman–Crippen MR) is 153 cm³/mol. The third kappa shape index (κ3) is 4.97. The van der Waals surface area contributed by atoms with Gasteiger partial charge in [-0.05, 0) is 65.9 Å². The van der Waals surface area contributed by atoms with Gasteiger partial charge in [0.25, 0.3) is 0 Å². The summed E-state index contributed by atoms with van der Waals surface area (Å²) in [7, 11) is 0. The fourth-order valence-corrected chi connectivity index (χ4v) is 7.38. The van der Waals surface area contributed by atoms with E-state index in [4.69, 9.17) is 4.74 Å². The first-order valence-electron chi connectivity index (χ1n) is 14.1. The van der Waals surface area contributed by atoms with Crippen molar-refractivity contribution in [1.82, 2.24) is 0 Å². The number of amides is 2. The summed E-state index contributed by atoms with van der Waals surface area (Å²) < 4.78 is 87.3. The molecule has 1 fully saturated rings. The number of benzene rings is 2. The number of anilines is 1. The first-order chi connectivity index (χ1) is 21.5. The fraction of sp³-hybridized carbons (Fsp3) is 0.312. The molecule has 2 aromatic carbocycles. The molecule has 1 saturated heterocycles. The Bertz CT molecular complexity index is 1790. The van der Waals surface area contributed by atoms with E-state index in [0.29, 0.717) is 22.6 Å². The Balaban J connectivity index is 1.49. The highest BCUT2D eigenvalue weighted by molar-refractivity contribution is 9.12. The molecule has 1 aliphatic heterocycles. The zero-order valence-corrected chi connectivity index (χ0v) is 25.2. The van der Waals surface area contributed by atoms with Crippen molar-refractivity contribution in [3.05, 3.63) is 86.4 Å². The van der Waals surface area contributed by atoms with Crippen LogP contribution >= 0.6 is 15.9 Å². The molecule has 14 heteroatoms. The number of halogens is 7. The second kappa shape index (κ2) is 11.0. The quantitative estimate of drug-likeness (QED) is 0.162. The number of imide groups is 1. The van der Waals surface area contributed by atoms with Gasteiger partial charge in [0.05, 0.1) is 39.7 Å². The van der Waals surface area contributed by atoms with Gasteiger partial charge in [-0.15, -0.1) is 0 Å². The second-order valence-electron chi connectivity index (χ2n) is 11.3. The smallest absolute Gasteiger partial charge is 0.416 e. The second-order valence-corrected chi connectivity index (χ2v) is 12.2. The van der Waals surface area contributed by atoms with Gasteiger partial charge in [0, 0.05) is 28.7 Å². The molecule has 3 aliphatic carbocycles. The maximum atomic E-state index is 14.0. The lowest BCUT2D eigenvalue weighted by atomic mass is 9.59. The summed E-state index contributed by atoms with van der Waals surface area (Å²) in [5.41, 5.74) is -3.58. The van der Waals surface area contributed by atoms with Crippen LogP contribution in [0.1, 0.15) is 42.4 Å². The van der Waals surface area contributed by atoms with Gasteiger partial charge in [0.15, 0.2) is 23.1 Å². The number of allylic oxidation sites excluding steroid dienone is 6. The van der Waals surface area contributed by atoms with E-state index in [-0.39, 0.29) is 58.2 Å². The number of ether oxygens (including phenoxy) is 1. The first kappa shape index (κ1) is 31.8. The SMILES string of the molecule is CCOc1cccc([C@H]2C3=CC[C@@H]4C(=O)N(c5cc(C(F)(F)F)cc(C(F)(F)F)c5)C(=O)[C@@H]4[C@@H]3CC3=C2C(=O)C=C(Br)C3=O)c1O. The molecule has 0 radical (unpaired) electrons. The van der Waals surface area contributed by atoms with Crippen LogP contribution in [0.4, 0.5) is 32.0 Å². The molecule has 46 heavy (non-hydrogen) atoms. The van der Waals surface area contributed by atoms with Crippen LogP contribution in [0.25, 0.3) is 0 Å². The molecule has 4 aliphatic rings. The van der Waals surface area contributed by atoms with Crippen LogP contribution in [-0.2, 0) is 31.5 Å². The van der Waals surface area contributed by atoms with Gasteiger partial charge in [0.2, 0.25) is 11.8 Å². The number of aromatic hydroxyl groups is 1. The maximum absolute atomic E-state index is 14.0. The molecule has 1 N–H and O–H groups in total. The van der Waals surface area contributed by atoms with Crippen molar-refractivity contribution in [2.75, 3.05) is 11.5 Å². The van der Waals surface area contributed by atoms with Crippen molar-refractivity contribution in [3.8, 4) is 11.5 Å². The van der Waals surface area contributed by atoms with Gasteiger partial charge in [0.1, 0.15) is 0 Å². The number of para-hydroxylation sites is 1. The van der Waals surface area contributed by atoms with Crippen molar-refractivity contribution < 1.29 is 55.4 Å². The lowest BCUT2D eigenvalue weighted by Gasteiger charge is -2.42. The number of ketones is 2.